The van der Waals surface area contributed by atoms with Crippen LogP contribution in [0.25, 0.3) is 0 Å². The van der Waals surface area contributed by atoms with E-state index in [4.69, 9.17) is 17.3 Å². The molecule has 29 heavy (non-hydrogen) atoms. The topological polar surface area (TPSA) is 110 Å². The van der Waals surface area contributed by atoms with Crippen molar-refractivity contribution in [2.24, 2.45) is 5.73 Å². The first-order valence-corrected chi connectivity index (χ1v) is 11.0. The zero-order valence-corrected chi connectivity index (χ0v) is 17.8. The van der Waals surface area contributed by atoms with Crippen LogP contribution < -0.4 is 11.1 Å². The number of nitrogens with one attached hydrogen (secondary N) is 1. The number of nitrogens with two attached hydrogens (primary N) is 1. The van der Waals surface area contributed by atoms with E-state index in [0.29, 0.717) is 0 Å². The van der Waals surface area contributed by atoms with Crippen molar-refractivity contribution >= 4 is 33.4 Å². The highest BCUT2D eigenvalue weighted by Gasteiger charge is 2.26. The normalized spacial score (nSPS) is 12.6. The summed E-state index contributed by atoms with van der Waals surface area (Å²) in [5.41, 5.74) is 6.33. The number of primary amides is 1. The number of amides is 2. The Morgan fingerprint density at radius 2 is 1.72 bits per heavy atom. The Balaban J connectivity index is 2.29. The molecule has 0 aromatic heterocycles. The lowest BCUT2D eigenvalue weighted by Crippen LogP contribution is -2.45. The molecule has 0 radical (unpaired) electrons. The summed E-state index contributed by atoms with van der Waals surface area (Å²) in [5, 5.41) is 2.59. The molecule has 7 nitrogen and oxygen atoms in total. The van der Waals surface area contributed by atoms with Gasteiger partial charge in [0, 0.05) is 25.1 Å². The van der Waals surface area contributed by atoms with Crippen molar-refractivity contribution in [3.8, 4) is 0 Å². The van der Waals surface area contributed by atoms with Crippen LogP contribution in [0.3, 0.4) is 0 Å². The maximum absolute atomic E-state index is 12.8. The third-order valence-electron chi connectivity index (χ3n) is 4.45. The van der Waals surface area contributed by atoms with Crippen LogP contribution in [-0.4, -0.2) is 43.7 Å². The molecule has 9 heteroatoms. The number of carbonyl (C=O) groups is 2. The number of hydrogen-bond donors (Lipinski definition) is 2. The van der Waals surface area contributed by atoms with Crippen molar-refractivity contribution in [2.75, 3.05) is 13.1 Å². The summed E-state index contributed by atoms with van der Waals surface area (Å²) >= 11 is 6.10. The smallest absolute Gasteiger partial charge is 0.251 e. The summed E-state index contributed by atoms with van der Waals surface area (Å²) in [7, 11) is -3.85. The van der Waals surface area contributed by atoms with Crippen LogP contribution in [0.15, 0.2) is 53.4 Å². The van der Waals surface area contributed by atoms with Crippen molar-refractivity contribution in [3.05, 3.63) is 64.7 Å². The minimum absolute atomic E-state index is 0.0178. The maximum atomic E-state index is 12.8. The lowest BCUT2D eigenvalue weighted by atomic mass is 10.0. The number of sulfonamides is 1. The fourth-order valence-electron chi connectivity index (χ4n) is 2.86. The second-order valence-electron chi connectivity index (χ2n) is 6.35. The third-order valence-corrected chi connectivity index (χ3v) is 6.98. The molecule has 0 saturated heterocycles. The molecule has 0 aliphatic rings. The van der Waals surface area contributed by atoms with Crippen LogP contribution in [0.5, 0.6) is 0 Å². The molecule has 1 unspecified atom stereocenters. The Labute approximate surface area is 175 Å². The molecule has 0 saturated carbocycles. The molecule has 0 heterocycles. The molecule has 0 fully saturated rings. The largest absolute Gasteiger partial charge is 0.368 e. The Morgan fingerprint density at radius 3 is 2.28 bits per heavy atom. The van der Waals surface area contributed by atoms with E-state index in [2.05, 4.69) is 5.32 Å². The molecule has 3 N–H and O–H groups in total. The summed E-state index contributed by atoms with van der Waals surface area (Å²) in [4.78, 5) is 24.3. The number of hydrogen-bond acceptors (Lipinski definition) is 4. The second-order valence-corrected chi connectivity index (χ2v) is 8.67. The molecule has 2 aromatic carbocycles. The van der Waals surface area contributed by atoms with Crippen molar-refractivity contribution in [3.63, 3.8) is 0 Å². The fourth-order valence-corrected chi connectivity index (χ4v) is 4.82. The second kappa shape index (κ2) is 9.87. The Bertz CT molecular complexity index is 976. The van der Waals surface area contributed by atoms with Gasteiger partial charge in [-0.3, -0.25) is 9.59 Å². The average Bonchev–Trinajstić information content (AvgIpc) is 2.69. The van der Waals surface area contributed by atoms with Crippen LogP contribution in [0.2, 0.25) is 5.02 Å². The quantitative estimate of drug-likeness (QED) is 0.626. The fraction of sp³-hybridized carbons (Fsp3) is 0.300. The van der Waals surface area contributed by atoms with Crippen LogP contribution in [0, 0.1) is 0 Å². The molecule has 1 atom stereocenters. The molecule has 0 bridgehead atoms. The van der Waals surface area contributed by atoms with E-state index in [0.717, 1.165) is 5.56 Å². The first-order valence-electron chi connectivity index (χ1n) is 9.14. The van der Waals surface area contributed by atoms with Gasteiger partial charge in [-0.05, 0) is 23.8 Å². The Hall–Kier alpha value is -2.42. The van der Waals surface area contributed by atoms with Gasteiger partial charge in [0.2, 0.25) is 15.9 Å². The molecule has 2 amide bonds. The first-order chi connectivity index (χ1) is 13.7. The van der Waals surface area contributed by atoms with E-state index < -0.39 is 27.9 Å². The molecule has 0 aliphatic carbocycles. The minimum Gasteiger partial charge on any atom is -0.368 e. The predicted octanol–water partition coefficient (Wildman–Crippen LogP) is 2.20. The molecule has 0 aliphatic heterocycles. The lowest BCUT2D eigenvalue weighted by Gasteiger charge is -2.20. The van der Waals surface area contributed by atoms with Gasteiger partial charge in [0.05, 0.1) is 5.02 Å². The van der Waals surface area contributed by atoms with E-state index >= 15 is 0 Å². The third kappa shape index (κ3) is 5.56. The number of carbonyl (C=O) groups excluding carboxylic acids is 2. The van der Waals surface area contributed by atoms with E-state index in [1.807, 2.05) is 30.3 Å². The molecule has 0 spiro atoms. The molecule has 2 rings (SSSR count). The van der Waals surface area contributed by atoms with Gasteiger partial charge >= 0.3 is 0 Å². The van der Waals surface area contributed by atoms with Gasteiger partial charge in [-0.2, -0.15) is 4.31 Å². The van der Waals surface area contributed by atoms with E-state index in [1.165, 1.54) is 22.5 Å². The van der Waals surface area contributed by atoms with E-state index in [-0.39, 0.29) is 35.0 Å². The van der Waals surface area contributed by atoms with Gasteiger partial charge in [-0.25, -0.2) is 8.42 Å². The zero-order chi connectivity index (χ0) is 21.6. The monoisotopic (exact) mass is 437 g/mol. The number of nitrogens with zero attached hydrogens (tertiary/aromatic N) is 1. The lowest BCUT2D eigenvalue weighted by molar-refractivity contribution is -0.119. The van der Waals surface area contributed by atoms with Crippen molar-refractivity contribution in [1.82, 2.24) is 9.62 Å². The number of benzene rings is 2. The van der Waals surface area contributed by atoms with Gasteiger partial charge in [-0.1, -0.05) is 55.8 Å². The molecule has 2 aromatic rings. The van der Waals surface area contributed by atoms with Crippen molar-refractivity contribution in [2.45, 2.75) is 31.2 Å². The van der Waals surface area contributed by atoms with Crippen LogP contribution in [0.4, 0.5) is 0 Å². The van der Waals surface area contributed by atoms with Crippen LogP contribution >= 0.6 is 11.6 Å². The average molecular weight is 438 g/mol. The number of rotatable bonds is 9. The van der Waals surface area contributed by atoms with Gasteiger partial charge in [-0.15, -0.1) is 0 Å². The summed E-state index contributed by atoms with van der Waals surface area (Å²) in [5.74, 6) is -1.30. The molecular weight excluding hydrogens is 414 g/mol. The summed E-state index contributed by atoms with van der Waals surface area (Å²) in [6.45, 7) is 3.97. The van der Waals surface area contributed by atoms with Crippen LogP contribution in [-0.2, 0) is 21.2 Å². The Morgan fingerprint density at radius 1 is 1.10 bits per heavy atom. The van der Waals surface area contributed by atoms with Crippen LogP contribution in [0.1, 0.15) is 29.8 Å². The summed E-state index contributed by atoms with van der Waals surface area (Å²) in [6, 6.07) is 12.1. The van der Waals surface area contributed by atoms with Gasteiger partial charge < -0.3 is 11.1 Å². The van der Waals surface area contributed by atoms with E-state index in [1.54, 1.807) is 13.8 Å². The Kier molecular flexibility index (Phi) is 7.78. The predicted molar refractivity (Wildman–Crippen MR) is 112 cm³/mol. The number of halogens is 1. The van der Waals surface area contributed by atoms with Crippen molar-refractivity contribution < 1.29 is 18.0 Å². The van der Waals surface area contributed by atoms with Gasteiger partial charge in [0.15, 0.2) is 0 Å². The van der Waals surface area contributed by atoms with E-state index in [9.17, 15) is 18.0 Å². The zero-order valence-electron chi connectivity index (χ0n) is 16.3. The highest BCUT2D eigenvalue weighted by Crippen LogP contribution is 2.26. The van der Waals surface area contributed by atoms with Crippen molar-refractivity contribution in [1.29, 1.82) is 0 Å². The molecule has 156 valence electrons. The minimum atomic E-state index is -3.85. The standard InChI is InChI=1S/C20H24ClN3O4S/c1-3-24(4-2)29(27,28)18-13-15(10-11-16(18)21)20(26)23-17(19(22)25)12-14-8-6-5-7-9-14/h5-11,13,17H,3-4,12H2,1-2H3,(H2,22,25)(H,23,26). The summed E-state index contributed by atoms with van der Waals surface area (Å²) in [6.07, 6.45) is 0.222. The van der Waals surface area contributed by atoms with Gasteiger partial charge in [0.25, 0.3) is 5.91 Å². The first kappa shape index (κ1) is 22.9. The summed E-state index contributed by atoms with van der Waals surface area (Å²) < 4.78 is 26.8. The van der Waals surface area contributed by atoms with Gasteiger partial charge in [0.1, 0.15) is 10.9 Å². The highest BCUT2D eigenvalue weighted by molar-refractivity contribution is 7.89. The molecular formula is C20H24ClN3O4S. The maximum Gasteiger partial charge on any atom is 0.251 e. The highest BCUT2D eigenvalue weighted by atomic mass is 35.5. The SMILES string of the molecule is CCN(CC)S(=O)(=O)c1cc(C(=O)NC(Cc2ccccc2)C(N)=O)ccc1Cl.